The van der Waals surface area contributed by atoms with Crippen LogP contribution in [0.3, 0.4) is 0 Å². The Balaban J connectivity index is 3.14. The summed E-state index contributed by atoms with van der Waals surface area (Å²) in [6.07, 6.45) is -6.39. The van der Waals surface area contributed by atoms with Crippen molar-refractivity contribution in [2.75, 3.05) is 0 Å². The quantitative estimate of drug-likeness (QED) is 0.668. The zero-order chi connectivity index (χ0) is 14.8. The zero-order valence-corrected chi connectivity index (χ0v) is 9.34. The van der Waals surface area contributed by atoms with E-state index in [2.05, 4.69) is 9.72 Å². The standard InChI is InChI=1S/C9H7F3N2O5/c1-4(9(10,11)12)19-7-6(8(15)16)2-5(3-13-7)14(17)18/h2-4H,1H3,(H,15,16). The Morgan fingerprint density at radius 3 is 2.58 bits per heavy atom. The Kier molecular flexibility index (Phi) is 3.92. The van der Waals surface area contributed by atoms with Crippen LogP contribution >= 0.6 is 0 Å². The fraction of sp³-hybridized carbons (Fsp3) is 0.333. The van der Waals surface area contributed by atoms with Gasteiger partial charge in [0.05, 0.1) is 4.92 Å². The van der Waals surface area contributed by atoms with Gasteiger partial charge in [0.25, 0.3) is 5.69 Å². The van der Waals surface area contributed by atoms with Crippen LogP contribution in [0.15, 0.2) is 12.3 Å². The van der Waals surface area contributed by atoms with Gasteiger partial charge in [0, 0.05) is 6.07 Å². The molecule has 0 spiro atoms. The molecule has 0 aromatic carbocycles. The average molecular weight is 280 g/mol. The molecule has 0 saturated carbocycles. The summed E-state index contributed by atoms with van der Waals surface area (Å²) in [5, 5.41) is 19.2. The predicted molar refractivity (Wildman–Crippen MR) is 54.0 cm³/mol. The minimum absolute atomic E-state index is 0.577. The normalized spacial score (nSPS) is 12.8. The monoisotopic (exact) mass is 280 g/mol. The van der Waals surface area contributed by atoms with Crippen LogP contribution in [-0.2, 0) is 0 Å². The van der Waals surface area contributed by atoms with E-state index in [1.165, 1.54) is 0 Å². The summed E-state index contributed by atoms with van der Waals surface area (Å²) in [4.78, 5) is 23.5. The van der Waals surface area contributed by atoms with Crippen molar-refractivity contribution >= 4 is 11.7 Å². The lowest BCUT2D eigenvalue weighted by molar-refractivity contribution is -0.385. The lowest BCUT2D eigenvalue weighted by Gasteiger charge is -2.17. The van der Waals surface area contributed by atoms with Crippen LogP contribution in [0.5, 0.6) is 5.88 Å². The topological polar surface area (TPSA) is 103 Å². The number of nitrogens with zero attached hydrogens (tertiary/aromatic N) is 2. The van der Waals surface area contributed by atoms with Gasteiger partial charge >= 0.3 is 12.1 Å². The Morgan fingerprint density at radius 2 is 2.16 bits per heavy atom. The second kappa shape index (κ2) is 5.08. The van der Waals surface area contributed by atoms with E-state index in [1.54, 1.807) is 0 Å². The molecule has 19 heavy (non-hydrogen) atoms. The number of rotatable bonds is 4. The molecule has 1 unspecified atom stereocenters. The molecule has 1 N–H and O–H groups in total. The summed E-state index contributed by atoms with van der Waals surface area (Å²) >= 11 is 0. The predicted octanol–water partition coefficient (Wildman–Crippen LogP) is 2.02. The van der Waals surface area contributed by atoms with Crippen molar-refractivity contribution in [1.82, 2.24) is 4.98 Å². The Hall–Kier alpha value is -2.39. The Labute approximate surface area is 103 Å². The number of aromatic nitrogens is 1. The molecule has 0 aliphatic carbocycles. The number of ether oxygens (including phenoxy) is 1. The molecule has 0 amide bonds. The maximum atomic E-state index is 12.3. The van der Waals surface area contributed by atoms with E-state index in [0.29, 0.717) is 19.2 Å². The summed E-state index contributed by atoms with van der Waals surface area (Å²) in [7, 11) is 0. The molecule has 0 bridgehead atoms. The smallest absolute Gasteiger partial charge is 0.425 e. The van der Waals surface area contributed by atoms with Gasteiger partial charge in [-0.25, -0.2) is 9.78 Å². The third kappa shape index (κ3) is 3.53. The molecular formula is C9H7F3N2O5. The van der Waals surface area contributed by atoms with E-state index >= 15 is 0 Å². The second-order valence-corrected chi connectivity index (χ2v) is 3.41. The van der Waals surface area contributed by atoms with Crippen LogP contribution in [0, 0.1) is 10.1 Å². The third-order valence-electron chi connectivity index (χ3n) is 2.03. The van der Waals surface area contributed by atoms with Gasteiger partial charge in [-0.05, 0) is 6.92 Å². The largest absolute Gasteiger partial charge is 0.477 e. The maximum Gasteiger partial charge on any atom is 0.425 e. The van der Waals surface area contributed by atoms with Gasteiger partial charge in [-0.1, -0.05) is 0 Å². The molecular weight excluding hydrogens is 273 g/mol. The number of aromatic carboxylic acids is 1. The van der Waals surface area contributed by atoms with Crippen LogP contribution in [0.1, 0.15) is 17.3 Å². The highest BCUT2D eigenvalue weighted by Gasteiger charge is 2.39. The third-order valence-corrected chi connectivity index (χ3v) is 2.03. The van der Waals surface area contributed by atoms with Gasteiger partial charge < -0.3 is 9.84 Å². The van der Waals surface area contributed by atoms with Crippen molar-refractivity contribution < 1.29 is 32.7 Å². The lowest BCUT2D eigenvalue weighted by Crippen LogP contribution is -2.32. The summed E-state index contributed by atoms with van der Waals surface area (Å²) in [5.74, 6) is -2.51. The first-order valence-electron chi connectivity index (χ1n) is 4.74. The van der Waals surface area contributed by atoms with E-state index in [0.717, 1.165) is 0 Å². The molecule has 1 atom stereocenters. The first-order valence-corrected chi connectivity index (χ1v) is 4.74. The van der Waals surface area contributed by atoms with E-state index in [4.69, 9.17) is 5.11 Å². The van der Waals surface area contributed by atoms with E-state index in [1.807, 2.05) is 0 Å². The molecule has 0 aliphatic heterocycles. The molecule has 1 heterocycles. The van der Waals surface area contributed by atoms with Gasteiger partial charge in [-0.2, -0.15) is 13.2 Å². The lowest BCUT2D eigenvalue weighted by atomic mass is 10.2. The van der Waals surface area contributed by atoms with Crippen molar-refractivity contribution in [3.8, 4) is 5.88 Å². The van der Waals surface area contributed by atoms with E-state index in [-0.39, 0.29) is 0 Å². The number of carboxylic acid groups (broad SMARTS) is 1. The van der Waals surface area contributed by atoms with E-state index < -0.39 is 40.3 Å². The molecule has 1 aromatic heterocycles. The number of carboxylic acids is 1. The fourth-order valence-corrected chi connectivity index (χ4v) is 1.02. The Bertz CT molecular complexity index is 517. The molecule has 10 heteroatoms. The van der Waals surface area contributed by atoms with Crippen molar-refractivity contribution in [1.29, 1.82) is 0 Å². The average Bonchev–Trinajstić information content (AvgIpc) is 2.27. The summed E-state index contributed by atoms with van der Waals surface area (Å²) in [5.41, 5.74) is -1.48. The number of pyridine rings is 1. The highest BCUT2D eigenvalue weighted by Crippen LogP contribution is 2.27. The first kappa shape index (κ1) is 14.7. The summed E-state index contributed by atoms with van der Waals surface area (Å²) < 4.78 is 41.2. The van der Waals surface area contributed by atoms with E-state index in [9.17, 15) is 28.1 Å². The molecule has 0 aliphatic rings. The molecule has 1 aromatic rings. The number of carbonyl (C=O) groups is 1. The second-order valence-electron chi connectivity index (χ2n) is 3.41. The van der Waals surface area contributed by atoms with Gasteiger partial charge in [-0.15, -0.1) is 0 Å². The summed E-state index contributed by atoms with van der Waals surface area (Å²) in [6, 6.07) is 0.577. The van der Waals surface area contributed by atoms with Crippen molar-refractivity contribution in [3.63, 3.8) is 0 Å². The summed E-state index contributed by atoms with van der Waals surface area (Å²) in [6.45, 7) is 0.661. The minimum atomic E-state index is -4.71. The number of hydrogen-bond acceptors (Lipinski definition) is 5. The molecule has 0 saturated heterocycles. The van der Waals surface area contributed by atoms with Gasteiger partial charge in [-0.3, -0.25) is 10.1 Å². The van der Waals surface area contributed by atoms with Gasteiger partial charge in [0.1, 0.15) is 11.8 Å². The van der Waals surface area contributed by atoms with Crippen molar-refractivity contribution in [3.05, 3.63) is 27.9 Å². The highest BCUT2D eigenvalue weighted by atomic mass is 19.4. The minimum Gasteiger partial charge on any atom is -0.477 e. The van der Waals surface area contributed by atoms with Gasteiger partial charge in [0.15, 0.2) is 6.10 Å². The van der Waals surface area contributed by atoms with Crippen molar-refractivity contribution in [2.24, 2.45) is 0 Å². The number of halogens is 3. The van der Waals surface area contributed by atoms with Crippen LogP contribution in [0.4, 0.5) is 18.9 Å². The maximum absolute atomic E-state index is 12.3. The SMILES string of the molecule is CC(Oc1ncc([N+](=O)[O-])cc1C(=O)O)C(F)(F)F. The highest BCUT2D eigenvalue weighted by molar-refractivity contribution is 5.90. The van der Waals surface area contributed by atoms with Crippen LogP contribution in [0.25, 0.3) is 0 Å². The molecule has 104 valence electrons. The number of alkyl halides is 3. The van der Waals surface area contributed by atoms with Crippen LogP contribution in [-0.4, -0.2) is 33.3 Å². The number of hydrogen-bond donors (Lipinski definition) is 1. The molecule has 0 fully saturated rings. The van der Waals surface area contributed by atoms with Gasteiger partial charge in [0.2, 0.25) is 5.88 Å². The molecule has 1 rings (SSSR count). The van der Waals surface area contributed by atoms with Crippen LogP contribution < -0.4 is 4.74 Å². The van der Waals surface area contributed by atoms with Crippen LogP contribution in [0.2, 0.25) is 0 Å². The first-order chi connectivity index (χ1) is 8.62. The molecule has 7 nitrogen and oxygen atoms in total. The zero-order valence-electron chi connectivity index (χ0n) is 9.34. The van der Waals surface area contributed by atoms with Crippen molar-refractivity contribution in [2.45, 2.75) is 19.2 Å². The Morgan fingerprint density at radius 1 is 1.58 bits per heavy atom. The number of nitro groups is 1. The fourth-order valence-electron chi connectivity index (χ4n) is 1.02. The molecule has 0 radical (unpaired) electrons.